The third kappa shape index (κ3) is 3.82. The average Bonchev–Trinajstić information content (AvgIpc) is 3.25. The van der Waals surface area contributed by atoms with Crippen LogP contribution in [-0.2, 0) is 11.2 Å². The van der Waals surface area contributed by atoms with E-state index in [1.165, 1.54) is 24.1 Å². The maximum absolute atomic E-state index is 5.48. The highest BCUT2D eigenvalue weighted by atomic mass is 35.5. The van der Waals surface area contributed by atoms with Gasteiger partial charge in [0.2, 0.25) is 0 Å². The maximum Gasteiger partial charge on any atom is 0.146 e. The van der Waals surface area contributed by atoms with Crippen molar-refractivity contribution in [1.82, 2.24) is 9.97 Å². The molecule has 24 heavy (non-hydrogen) atoms. The molecule has 0 atom stereocenters. The van der Waals surface area contributed by atoms with Crippen molar-refractivity contribution >= 4 is 24.2 Å². The van der Waals surface area contributed by atoms with Crippen molar-refractivity contribution in [2.24, 2.45) is 4.99 Å². The van der Waals surface area contributed by atoms with Crippen molar-refractivity contribution in [3.8, 4) is 0 Å². The van der Waals surface area contributed by atoms with Gasteiger partial charge in [0.05, 0.1) is 18.5 Å². The van der Waals surface area contributed by atoms with Gasteiger partial charge in [0.25, 0.3) is 0 Å². The highest BCUT2D eigenvalue weighted by Gasteiger charge is 2.17. The van der Waals surface area contributed by atoms with Crippen molar-refractivity contribution in [3.63, 3.8) is 0 Å². The van der Waals surface area contributed by atoms with Crippen LogP contribution in [-0.4, -0.2) is 22.8 Å². The molecule has 3 rings (SSSR count). The predicted octanol–water partition coefficient (Wildman–Crippen LogP) is 4.79. The van der Waals surface area contributed by atoms with E-state index in [0.717, 1.165) is 35.0 Å². The zero-order chi connectivity index (χ0) is 16.2. The minimum atomic E-state index is 0. The Morgan fingerprint density at radius 2 is 2.17 bits per heavy atom. The Balaban J connectivity index is 0.00000208. The molecule has 2 aromatic rings. The zero-order valence-corrected chi connectivity index (χ0v) is 15.2. The molecule has 2 N–H and O–H groups in total. The molecule has 0 aromatic carbocycles. The minimum Gasteiger partial charge on any atom is -0.494 e. The molecule has 0 saturated carbocycles. The molecule has 0 aliphatic carbocycles. The topological polar surface area (TPSA) is 53.2 Å². The zero-order valence-electron chi connectivity index (χ0n) is 14.3. The SMILES string of the molecule is CCCCc1cc(/C=C2\N=C(c3ccc[nH]3)C=C2OC)[nH]c1C.Cl. The Labute approximate surface area is 149 Å². The second kappa shape index (κ2) is 8.06. The quantitative estimate of drug-likeness (QED) is 0.777. The molecule has 1 aliphatic heterocycles. The van der Waals surface area contributed by atoms with Crippen LogP contribution in [0.4, 0.5) is 0 Å². The lowest BCUT2D eigenvalue weighted by Gasteiger charge is -2.00. The molecular formula is C19H24ClN3O. The van der Waals surface area contributed by atoms with Gasteiger partial charge in [0.15, 0.2) is 0 Å². The average molecular weight is 346 g/mol. The molecule has 0 radical (unpaired) electrons. The highest BCUT2D eigenvalue weighted by Crippen LogP contribution is 2.25. The number of aromatic nitrogens is 2. The van der Waals surface area contributed by atoms with E-state index in [1.807, 2.05) is 30.5 Å². The summed E-state index contributed by atoms with van der Waals surface area (Å²) in [5.41, 5.74) is 6.43. The van der Waals surface area contributed by atoms with Crippen LogP contribution in [0.1, 0.15) is 42.4 Å². The second-order valence-corrected chi connectivity index (χ2v) is 5.80. The normalized spacial score (nSPS) is 15.2. The van der Waals surface area contributed by atoms with E-state index < -0.39 is 0 Å². The Morgan fingerprint density at radius 3 is 2.83 bits per heavy atom. The number of aromatic amines is 2. The minimum absolute atomic E-state index is 0. The van der Waals surface area contributed by atoms with Gasteiger partial charge in [-0.3, -0.25) is 0 Å². The molecule has 0 unspecified atom stereocenters. The molecule has 0 saturated heterocycles. The lowest BCUT2D eigenvalue weighted by atomic mass is 10.1. The fourth-order valence-electron chi connectivity index (χ4n) is 2.79. The summed E-state index contributed by atoms with van der Waals surface area (Å²) in [6.07, 6.45) is 9.45. The molecule has 2 aromatic heterocycles. The van der Waals surface area contributed by atoms with Gasteiger partial charge in [-0.1, -0.05) is 13.3 Å². The summed E-state index contributed by atoms with van der Waals surface area (Å²) in [5.74, 6) is 0.789. The Hall–Kier alpha value is -2.20. The monoisotopic (exact) mass is 345 g/mol. The van der Waals surface area contributed by atoms with Crippen LogP contribution in [0.3, 0.4) is 0 Å². The van der Waals surface area contributed by atoms with E-state index in [9.17, 15) is 0 Å². The van der Waals surface area contributed by atoms with Gasteiger partial charge in [-0.25, -0.2) is 4.99 Å². The molecule has 0 amide bonds. The van der Waals surface area contributed by atoms with Crippen LogP contribution < -0.4 is 0 Å². The molecule has 128 valence electrons. The Bertz CT molecular complexity index is 767. The number of hydrogen-bond acceptors (Lipinski definition) is 2. The third-order valence-corrected chi connectivity index (χ3v) is 4.09. The van der Waals surface area contributed by atoms with Crippen molar-refractivity contribution in [3.05, 3.63) is 64.6 Å². The lowest BCUT2D eigenvalue weighted by molar-refractivity contribution is 0.303. The third-order valence-electron chi connectivity index (χ3n) is 4.09. The van der Waals surface area contributed by atoms with E-state index in [0.29, 0.717) is 0 Å². The number of unbranched alkanes of at least 4 members (excludes halogenated alkanes) is 1. The summed E-state index contributed by atoms with van der Waals surface area (Å²) < 4.78 is 5.48. The van der Waals surface area contributed by atoms with Crippen molar-refractivity contribution in [2.45, 2.75) is 33.1 Å². The number of rotatable bonds is 6. The number of methoxy groups -OCH3 is 1. The number of ether oxygens (including phenoxy) is 1. The molecule has 0 bridgehead atoms. The molecule has 3 heterocycles. The van der Waals surface area contributed by atoms with Gasteiger partial charge in [-0.2, -0.15) is 0 Å². The van der Waals surface area contributed by atoms with Gasteiger partial charge >= 0.3 is 0 Å². The number of allylic oxidation sites excluding steroid dienone is 1. The lowest BCUT2D eigenvalue weighted by Crippen LogP contribution is -1.93. The summed E-state index contributed by atoms with van der Waals surface area (Å²) in [6.45, 7) is 4.35. The first-order valence-electron chi connectivity index (χ1n) is 8.10. The number of halogens is 1. The number of nitrogens with zero attached hydrogens (tertiary/aromatic N) is 1. The van der Waals surface area contributed by atoms with Crippen molar-refractivity contribution in [1.29, 1.82) is 0 Å². The standard InChI is InChI=1S/C19H23N3O.ClH/c1-4-5-7-14-10-15(21-13(14)2)11-18-19(23-3)12-17(22-18)16-8-6-9-20-16;/h6,8-12,20-21H,4-5,7H2,1-3H3;1H/b18-11-;. The molecule has 0 fully saturated rings. The van der Waals surface area contributed by atoms with E-state index in [4.69, 9.17) is 4.74 Å². The van der Waals surface area contributed by atoms with E-state index in [-0.39, 0.29) is 12.4 Å². The largest absolute Gasteiger partial charge is 0.494 e. The molecule has 0 spiro atoms. The van der Waals surface area contributed by atoms with E-state index >= 15 is 0 Å². The molecule has 1 aliphatic rings. The van der Waals surface area contributed by atoms with Crippen LogP contribution in [0.15, 0.2) is 46.9 Å². The number of aliphatic imine (C=N–C) groups is 1. The summed E-state index contributed by atoms with van der Waals surface area (Å²) in [6, 6.07) is 6.19. The molecule has 5 heteroatoms. The van der Waals surface area contributed by atoms with Crippen LogP contribution in [0.25, 0.3) is 6.08 Å². The van der Waals surface area contributed by atoms with Crippen LogP contribution >= 0.6 is 12.4 Å². The first-order chi connectivity index (χ1) is 11.2. The predicted molar refractivity (Wildman–Crippen MR) is 102 cm³/mol. The Kier molecular flexibility index (Phi) is 6.10. The number of aryl methyl sites for hydroxylation is 2. The van der Waals surface area contributed by atoms with E-state index in [1.54, 1.807) is 7.11 Å². The van der Waals surface area contributed by atoms with Gasteiger partial charge in [-0.15, -0.1) is 12.4 Å². The van der Waals surface area contributed by atoms with Crippen LogP contribution in [0.5, 0.6) is 0 Å². The van der Waals surface area contributed by atoms with Crippen LogP contribution in [0.2, 0.25) is 0 Å². The smallest absolute Gasteiger partial charge is 0.146 e. The Morgan fingerprint density at radius 1 is 1.33 bits per heavy atom. The summed E-state index contributed by atoms with van der Waals surface area (Å²) in [7, 11) is 1.68. The molecular weight excluding hydrogens is 322 g/mol. The van der Waals surface area contributed by atoms with Gasteiger partial charge in [-0.05, 0) is 49.6 Å². The van der Waals surface area contributed by atoms with E-state index in [2.05, 4.69) is 34.9 Å². The van der Waals surface area contributed by atoms with Gasteiger partial charge in [0, 0.05) is 23.7 Å². The fraction of sp³-hybridized carbons (Fsp3) is 0.316. The number of H-pyrrole nitrogens is 2. The first kappa shape index (κ1) is 18.1. The molecule has 4 nitrogen and oxygen atoms in total. The van der Waals surface area contributed by atoms with Gasteiger partial charge in [0.1, 0.15) is 11.5 Å². The van der Waals surface area contributed by atoms with Crippen molar-refractivity contribution < 1.29 is 4.74 Å². The summed E-state index contributed by atoms with van der Waals surface area (Å²) in [4.78, 5) is 11.3. The first-order valence-corrected chi connectivity index (χ1v) is 8.10. The number of nitrogens with one attached hydrogen (secondary N) is 2. The second-order valence-electron chi connectivity index (χ2n) is 5.80. The summed E-state index contributed by atoms with van der Waals surface area (Å²) in [5, 5.41) is 0. The maximum atomic E-state index is 5.48. The van der Waals surface area contributed by atoms with Crippen molar-refractivity contribution in [2.75, 3.05) is 7.11 Å². The highest BCUT2D eigenvalue weighted by molar-refractivity contribution is 6.11. The van der Waals surface area contributed by atoms with Crippen LogP contribution in [0, 0.1) is 6.92 Å². The number of hydrogen-bond donors (Lipinski definition) is 2. The fourth-order valence-corrected chi connectivity index (χ4v) is 2.79. The van der Waals surface area contributed by atoms with Gasteiger partial charge < -0.3 is 14.7 Å². The summed E-state index contributed by atoms with van der Waals surface area (Å²) >= 11 is 0.